The Kier molecular flexibility index (Phi) is 3.57. The normalized spacial score (nSPS) is 24.1. The van der Waals surface area contributed by atoms with E-state index >= 15 is 0 Å². The highest BCUT2D eigenvalue weighted by Crippen LogP contribution is 2.27. The largest absolute Gasteiger partial charge is 0.464 e. The summed E-state index contributed by atoms with van der Waals surface area (Å²) in [5, 5.41) is 0. The van der Waals surface area contributed by atoms with Crippen LogP contribution in [0.15, 0.2) is 12.7 Å². The maximum absolute atomic E-state index is 5.64. The Morgan fingerprint density at radius 3 is 2.38 bits per heavy atom. The highest BCUT2D eigenvalue weighted by atomic mass is 16.6. The molecule has 0 aliphatic carbocycles. The third-order valence-corrected chi connectivity index (χ3v) is 2.40. The van der Waals surface area contributed by atoms with E-state index in [0.29, 0.717) is 5.82 Å². The molecule has 0 bridgehead atoms. The highest BCUT2D eigenvalue weighted by Gasteiger charge is 2.35. The van der Waals surface area contributed by atoms with Gasteiger partial charge in [0.2, 0.25) is 0 Å². The van der Waals surface area contributed by atoms with E-state index in [0.717, 1.165) is 19.6 Å². The maximum atomic E-state index is 5.64. The van der Waals surface area contributed by atoms with E-state index in [9.17, 15) is 0 Å². The molecule has 0 spiro atoms. The zero-order valence-electron chi connectivity index (χ0n) is 8.88. The summed E-state index contributed by atoms with van der Waals surface area (Å²) in [6.45, 7) is 11.8. The lowest BCUT2D eigenvalue weighted by atomic mass is 9.68. The molecule has 1 atom stereocenters. The highest BCUT2D eigenvalue weighted by molar-refractivity contribution is 6.47. The van der Waals surface area contributed by atoms with E-state index in [-0.39, 0.29) is 12.5 Å². The second-order valence-electron chi connectivity index (χ2n) is 4.46. The molecule has 1 saturated heterocycles. The van der Waals surface area contributed by atoms with Crippen LogP contribution in [0.25, 0.3) is 0 Å². The van der Waals surface area contributed by atoms with Crippen LogP contribution in [0.1, 0.15) is 27.2 Å². The average Bonchev–Trinajstić information content (AvgIpc) is 2.09. The van der Waals surface area contributed by atoms with Crippen molar-refractivity contribution in [2.75, 3.05) is 13.2 Å². The summed E-state index contributed by atoms with van der Waals surface area (Å²) in [6, 6.07) is 0. The molecule has 3 heteroatoms. The number of hydrogen-bond donors (Lipinski definition) is 0. The van der Waals surface area contributed by atoms with Gasteiger partial charge in [0.1, 0.15) is 0 Å². The van der Waals surface area contributed by atoms with Crippen molar-refractivity contribution in [2.45, 2.75) is 33.0 Å². The Hall–Kier alpha value is -0.275. The predicted octanol–water partition coefficient (Wildman–Crippen LogP) is 2.51. The summed E-state index contributed by atoms with van der Waals surface area (Å²) in [4.78, 5) is 0. The van der Waals surface area contributed by atoms with E-state index in [4.69, 9.17) is 9.31 Å². The van der Waals surface area contributed by atoms with Crippen LogP contribution in [-0.2, 0) is 9.31 Å². The quantitative estimate of drug-likeness (QED) is 0.493. The summed E-state index contributed by atoms with van der Waals surface area (Å²) >= 11 is 0. The van der Waals surface area contributed by atoms with Crippen LogP contribution in [0.5, 0.6) is 0 Å². The first kappa shape index (κ1) is 10.8. The minimum absolute atomic E-state index is 0.0736. The van der Waals surface area contributed by atoms with Crippen LogP contribution in [-0.4, -0.2) is 20.3 Å². The first-order valence-corrected chi connectivity index (χ1v) is 4.95. The summed E-state index contributed by atoms with van der Waals surface area (Å²) in [7, 11) is -0.0736. The number of hydrogen-bond acceptors (Lipinski definition) is 2. The maximum Gasteiger partial charge on any atom is 0.464 e. The van der Waals surface area contributed by atoms with Crippen LogP contribution in [0.3, 0.4) is 0 Å². The van der Waals surface area contributed by atoms with Crippen molar-refractivity contribution in [1.29, 1.82) is 0 Å². The molecule has 1 heterocycles. The van der Waals surface area contributed by atoms with Gasteiger partial charge in [0, 0.05) is 24.4 Å². The van der Waals surface area contributed by atoms with Crippen molar-refractivity contribution >= 4 is 7.12 Å². The molecule has 0 unspecified atom stereocenters. The fourth-order valence-corrected chi connectivity index (χ4v) is 1.42. The second-order valence-corrected chi connectivity index (χ2v) is 4.46. The van der Waals surface area contributed by atoms with Crippen LogP contribution in [0.4, 0.5) is 0 Å². The van der Waals surface area contributed by atoms with E-state index in [1.165, 1.54) is 0 Å². The van der Waals surface area contributed by atoms with Crippen LogP contribution < -0.4 is 0 Å². The average molecular weight is 182 g/mol. The van der Waals surface area contributed by atoms with Gasteiger partial charge in [-0.05, 0) is 0 Å². The van der Waals surface area contributed by atoms with Crippen molar-refractivity contribution in [1.82, 2.24) is 0 Å². The molecule has 0 saturated carbocycles. The van der Waals surface area contributed by atoms with Crippen molar-refractivity contribution in [3.8, 4) is 0 Å². The molecule has 0 amide bonds. The van der Waals surface area contributed by atoms with Crippen molar-refractivity contribution in [2.24, 2.45) is 5.41 Å². The molecule has 0 aromatic carbocycles. The fraction of sp³-hybridized carbons (Fsp3) is 0.800. The van der Waals surface area contributed by atoms with Crippen molar-refractivity contribution < 1.29 is 9.31 Å². The lowest BCUT2D eigenvalue weighted by molar-refractivity contribution is 0.0255. The van der Waals surface area contributed by atoms with E-state index in [1.54, 1.807) is 0 Å². The summed E-state index contributed by atoms with van der Waals surface area (Å²) in [5.41, 5.74) is 0.163. The van der Waals surface area contributed by atoms with Crippen LogP contribution in [0.2, 0.25) is 5.82 Å². The molecule has 1 aliphatic heterocycles. The molecule has 1 rings (SSSR count). The molecule has 74 valence electrons. The lowest BCUT2D eigenvalue weighted by Crippen LogP contribution is -2.42. The molecule has 0 aromatic rings. The number of rotatable bonds is 3. The molecule has 0 radical (unpaired) electrons. The summed E-state index contributed by atoms with van der Waals surface area (Å²) in [5.74, 6) is 0.330. The van der Waals surface area contributed by atoms with E-state index < -0.39 is 0 Å². The van der Waals surface area contributed by atoms with Gasteiger partial charge in [-0.25, -0.2) is 0 Å². The Morgan fingerprint density at radius 1 is 1.46 bits per heavy atom. The van der Waals surface area contributed by atoms with Gasteiger partial charge in [-0.2, -0.15) is 0 Å². The smallest absolute Gasteiger partial charge is 0.410 e. The zero-order valence-corrected chi connectivity index (χ0v) is 8.88. The Labute approximate surface area is 81.4 Å². The van der Waals surface area contributed by atoms with Gasteiger partial charge in [0.25, 0.3) is 0 Å². The molecule has 13 heavy (non-hydrogen) atoms. The molecule has 2 nitrogen and oxygen atoms in total. The van der Waals surface area contributed by atoms with Gasteiger partial charge >= 0.3 is 7.12 Å². The van der Waals surface area contributed by atoms with E-state index in [2.05, 4.69) is 27.4 Å². The molecular formula is C10H19BO2. The fourth-order valence-electron chi connectivity index (χ4n) is 1.42. The molecule has 0 aromatic heterocycles. The minimum Gasteiger partial charge on any atom is -0.410 e. The van der Waals surface area contributed by atoms with Gasteiger partial charge in [-0.3, -0.25) is 0 Å². The van der Waals surface area contributed by atoms with Crippen molar-refractivity contribution in [3.05, 3.63) is 12.7 Å². The first-order valence-electron chi connectivity index (χ1n) is 4.95. The van der Waals surface area contributed by atoms with Crippen LogP contribution in [0, 0.1) is 5.41 Å². The monoisotopic (exact) mass is 182 g/mol. The Bertz CT molecular complexity index is 170. The lowest BCUT2D eigenvalue weighted by Gasteiger charge is -2.35. The standard InChI is InChI=1S/C10H19BO2/c1-5-9(6-2)11-12-7-10(3,4)8-13-11/h5,9H,1,6-8H2,2-4H3/t9-/m1/s1. The first-order chi connectivity index (χ1) is 6.09. The number of allylic oxidation sites excluding steroid dienone is 1. The molecule has 1 aliphatic rings. The van der Waals surface area contributed by atoms with Gasteiger partial charge in [0.15, 0.2) is 0 Å². The zero-order chi connectivity index (χ0) is 9.90. The molecular weight excluding hydrogens is 163 g/mol. The Balaban J connectivity index is 2.44. The topological polar surface area (TPSA) is 18.5 Å². The minimum atomic E-state index is -0.0736. The Morgan fingerprint density at radius 2 is 2.00 bits per heavy atom. The summed E-state index contributed by atoms with van der Waals surface area (Å²) in [6.07, 6.45) is 2.94. The van der Waals surface area contributed by atoms with Crippen molar-refractivity contribution in [3.63, 3.8) is 0 Å². The van der Waals surface area contributed by atoms with Gasteiger partial charge in [-0.1, -0.05) is 33.3 Å². The summed E-state index contributed by atoms with van der Waals surface area (Å²) < 4.78 is 11.3. The third kappa shape index (κ3) is 2.85. The third-order valence-electron chi connectivity index (χ3n) is 2.40. The van der Waals surface area contributed by atoms with Crippen LogP contribution >= 0.6 is 0 Å². The van der Waals surface area contributed by atoms with E-state index in [1.807, 2.05) is 6.08 Å². The van der Waals surface area contributed by atoms with Gasteiger partial charge < -0.3 is 9.31 Å². The van der Waals surface area contributed by atoms with Gasteiger partial charge in [-0.15, -0.1) is 6.58 Å². The van der Waals surface area contributed by atoms with Gasteiger partial charge in [0.05, 0.1) is 0 Å². The second kappa shape index (κ2) is 4.29. The molecule has 0 N–H and O–H groups in total. The molecule has 1 fully saturated rings. The predicted molar refractivity (Wildman–Crippen MR) is 55.7 cm³/mol. The SMILES string of the molecule is C=C[C@H](CC)B1OCC(C)(C)CO1.